The Morgan fingerprint density at radius 2 is 2.04 bits per heavy atom. The van der Waals surface area contributed by atoms with Gasteiger partial charge in [0, 0.05) is 26.8 Å². The second-order valence-electron chi connectivity index (χ2n) is 4.69. The minimum Gasteiger partial charge on any atom is -0.395 e. The molecule has 24 heavy (non-hydrogen) atoms. The van der Waals surface area contributed by atoms with Crippen molar-refractivity contribution >= 4 is 21.7 Å². The summed E-state index contributed by atoms with van der Waals surface area (Å²) in [4.78, 5) is 15.1. The van der Waals surface area contributed by atoms with E-state index in [2.05, 4.69) is 10.3 Å². The molecule has 1 rings (SSSR count). The van der Waals surface area contributed by atoms with Gasteiger partial charge < -0.3 is 15.3 Å². The molecular formula is C12H17F3N4O4S. The molecule has 0 bridgehead atoms. The Bertz CT molecular complexity index is 694. The number of nitrogens with one attached hydrogen (secondary N) is 2. The van der Waals surface area contributed by atoms with Gasteiger partial charge in [0.25, 0.3) is 0 Å². The molecule has 1 amide bonds. The maximum Gasteiger partial charge on any atom is 0.420 e. The first kappa shape index (κ1) is 20.1. The Balaban J connectivity index is 3.31. The summed E-state index contributed by atoms with van der Waals surface area (Å²) in [6, 6.07) is 0.433. The number of nitrogens with zero attached hydrogens (tertiary/aromatic N) is 2. The van der Waals surface area contributed by atoms with Crippen LogP contribution in [0.1, 0.15) is 5.56 Å². The molecule has 0 spiro atoms. The van der Waals surface area contributed by atoms with E-state index in [0.717, 1.165) is 11.1 Å². The molecule has 0 atom stereocenters. The predicted octanol–water partition coefficient (Wildman–Crippen LogP) is -0.447. The van der Waals surface area contributed by atoms with Crippen molar-refractivity contribution in [2.75, 3.05) is 38.7 Å². The molecule has 0 unspecified atom stereocenters. The summed E-state index contributed by atoms with van der Waals surface area (Å²) in [7, 11) is -1.69. The van der Waals surface area contributed by atoms with Gasteiger partial charge in [0.05, 0.1) is 18.7 Å². The fourth-order valence-corrected chi connectivity index (χ4v) is 2.72. The van der Waals surface area contributed by atoms with E-state index in [9.17, 15) is 26.4 Å². The quantitative estimate of drug-likeness (QED) is 0.600. The number of anilines is 1. The standard InChI is InChI=1S/C12H17F3N4O4S/c1-16-10(21)7-19(2)11-9(12(13,14)15)5-8(6-17-11)24(22,23)18-3-4-20/h5-6,18,20H,3-4,7H2,1-2H3,(H,16,21). The third-order valence-corrected chi connectivity index (χ3v) is 4.31. The molecule has 136 valence electrons. The van der Waals surface area contributed by atoms with Gasteiger partial charge in [-0.05, 0) is 6.07 Å². The zero-order valence-electron chi connectivity index (χ0n) is 12.9. The van der Waals surface area contributed by atoms with Crippen molar-refractivity contribution in [3.63, 3.8) is 0 Å². The van der Waals surface area contributed by atoms with E-state index in [1.165, 1.54) is 14.1 Å². The molecule has 1 aromatic heterocycles. The summed E-state index contributed by atoms with van der Waals surface area (Å²) >= 11 is 0. The van der Waals surface area contributed by atoms with Gasteiger partial charge in [0.15, 0.2) is 0 Å². The second-order valence-corrected chi connectivity index (χ2v) is 6.46. The monoisotopic (exact) mass is 370 g/mol. The van der Waals surface area contributed by atoms with Gasteiger partial charge >= 0.3 is 6.18 Å². The van der Waals surface area contributed by atoms with E-state index in [-0.39, 0.29) is 13.1 Å². The van der Waals surface area contributed by atoms with Gasteiger partial charge in [0.1, 0.15) is 10.7 Å². The number of alkyl halides is 3. The third-order valence-electron chi connectivity index (χ3n) is 2.88. The number of amides is 1. The Kier molecular flexibility index (Phi) is 6.51. The lowest BCUT2D eigenvalue weighted by molar-refractivity contribution is -0.137. The molecule has 0 aliphatic rings. The molecule has 0 aliphatic carbocycles. The number of likely N-dealkylation sites (N-methyl/N-ethyl adjacent to an activating group) is 2. The Labute approximate surface area is 136 Å². The van der Waals surface area contributed by atoms with Gasteiger partial charge in [0.2, 0.25) is 15.9 Å². The van der Waals surface area contributed by atoms with E-state index in [1.807, 2.05) is 4.72 Å². The number of carbonyl (C=O) groups excluding carboxylic acids is 1. The molecule has 0 aromatic carbocycles. The molecular weight excluding hydrogens is 353 g/mol. The number of aliphatic hydroxyl groups excluding tert-OH is 1. The SMILES string of the molecule is CNC(=O)CN(C)c1ncc(S(=O)(=O)NCCO)cc1C(F)(F)F. The van der Waals surface area contributed by atoms with Gasteiger partial charge in [-0.3, -0.25) is 4.79 Å². The predicted molar refractivity (Wildman–Crippen MR) is 78.9 cm³/mol. The van der Waals surface area contributed by atoms with E-state index >= 15 is 0 Å². The summed E-state index contributed by atoms with van der Waals surface area (Å²) in [6.45, 7) is -1.24. The van der Waals surface area contributed by atoms with Crippen molar-refractivity contribution in [3.8, 4) is 0 Å². The average Bonchev–Trinajstić information content (AvgIpc) is 2.51. The van der Waals surface area contributed by atoms with E-state index < -0.39 is 45.0 Å². The lowest BCUT2D eigenvalue weighted by atomic mass is 10.2. The second kappa shape index (κ2) is 7.77. The van der Waals surface area contributed by atoms with E-state index in [1.54, 1.807) is 0 Å². The first-order chi connectivity index (χ1) is 11.0. The topological polar surface area (TPSA) is 112 Å². The molecule has 0 saturated carbocycles. The summed E-state index contributed by atoms with van der Waals surface area (Å²) < 4.78 is 65.3. The zero-order chi connectivity index (χ0) is 18.5. The van der Waals surface area contributed by atoms with Crippen LogP contribution in [0.3, 0.4) is 0 Å². The minimum atomic E-state index is -4.87. The number of rotatable bonds is 7. The number of hydrogen-bond donors (Lipinski definition) is 3. The summed E-state index contributed by atoms with van der Waals surface area (Å²) in [5, 5.41) is 10.9. The molecule has 0 saturated heterocycles. The first-order valence-corrected chi connectivity index (χ1v) is 8.10. The number of pyridine rings is 1. The number of sulfonamides is 1. The van der Waals surface area contributed by atoms with Crippen molar-refractivity contribution in [1.82, 2.24) is 15.0 Å². The van der Waals surface area contributed by atoms with Crippen LogP contribution in [0.25, 0.3) is 0 Å². The molecule has 0 aliphatic heterocycles. The van der Waals surface area contributed by atoms with Crippen molar-refractivity contribution in [1.29, 1.82) is 0 Å². The van der Waals surface area contributed by atoms with E-state index in [4.69, 9.17) is 5.11 Å². The summed E-state index contributed by atoms with van der Waals surface area (Å²) in [5.41, 5.74) is -1.29. The minimum absolute atomic E-state index is 0.345. The van der Waals surface area contributed by atoms with Crippen molar-refractivity contribution < 1.29 is 31.5 Å². The fraction of sp³-hybridized carbons (Fsp3) is 0.500. The number of hydrogen-bond acceptors (Lipinski definition) is 6. The normalized spacial score (nSPS) is 12.1. The van der Waals surface area contributed by atoms with Crippen LogP contribution < -0.4 is 14.9 Å². The van der Waals surface area contributed by atoms with Crippen LogP contribution in [0.15, 0.2) is 17.2 Å². The average molecular weight is 370 g/mol. The van der Waals surface area contributed by atoms with Crippen LogP contribution in [-0.2, 0) is 21.0 Å². The van der Waals surface area contributed by atoms with Crippen LogP contribution in [0.2, 0.25) is 0 Å². The number of aromatic nitrogens is 1. The summed E-state index contributed by atoms with van der Waals surface area (Å²) in [5.74, 6) is -1.11. The number of halogens is 3. The van der Waals surface area contributed by atoms with Crippen LogP contribution in [0, 0.1) is 0 Å². The van der Waals surface area contributed by atoms with Crippen LogP contribution in [-0.4, -0.2) is 58.2 Å². The largest absolute Gasteiger partial charge is 0.420 e. The lowest BCUT2D eigenvalue weighted by Crippen LogP contribution is -2.35. The fourth-order valence-electron chi connectivity index (χ4n) is 1.73. The Hall–Kier alpha value is -1.92. The number of aliphatic hydroxyl groups is 1. The highest BCUT2D eigenvalue weighted by Gasteiger charge is 2.37. The molecule has 1 heterocycles. The highest BCUT2D eigenvalue weighted by molar-refractivity contribution is 7.89. The maximum absolute atomic E-state index is 13.2. The van der Waals surface area contributed by atoms with E-state index in [0.29, 0.717) is 6.07 Å². The maximum atomic E-state index is 13.2. The molecule has 3 N–H and O–H groups in total. The van der Waals surface area contributed by atoms with Crippen molar-refractivity contribution in [3.05, 3.63) is 17.8 Å². The lowest BCUT2D eigenvalue weighted by Gasteiger charge is -2.22. The van der Waals surface area contributed by atoms with Crippen molar-refractivity contribution in [2.24, 2.45) is 0 Å². The number of carbonyl (C=O) groups is 1. The van der Waals surface area contributed by atoms with Crippen LogP contribution in [0.4, 0.5) is 19.0 Å². The highest BCUT2D eigenvalue weighted by Crippen LogP contribution is 2.36. The molecule has 0 radical (unpaired) electrons. The highest BCUT2D eigenvalue weighted by atomic mass is 32.2. The van der Waals surface area contributed by atoms with Gasteiger partial charge in [-0.2, -0.15) is 13.2 Å². The Morgan fingerprint density at radius 1 is 1.42 bits per heavy atom. The summed E-state index contributed by atoms with van der Waals surface area (Å²) in [6.07, 6.45) is -4.12. The molecule has 12 heteroatoms. The first-order valence-electron chi connectivity index (χ1n) is 6.62. The molecule has 0 fully saturated rings. The Morgan fingerprint density at radius 3 is 2.54 bits per heavy atom. The smallest absolute Gasteiger partial charge is 0.395 e. The van der Waals surface area contributed by atoms with Gasteiger partial charge in [-0.25, -0.2) is 18.1 Å². The van der Waals surface area contributed by atoms with Crippen molar-refractivity contribution in [2.45, 2.75) is 11.1 Å². The molecule has 1 aromatic rings. The third kappa shape index (κ3) is 5.04. The van der Waals surface area contributed by atoms with Gasteiger partial charge in [-0.15, -0.1) is 0 Å². The van der Waals surface area contributed by atoms with Crippen LogP contribution >= 0.6 is 0 Å². The van der Waals surface area contributed by atoms with Crippen LogP contribution in [0.5, 0.6) is 0 Å². The van der Waals surface area contributed by atoms with Gasteiger partial charge in [-0.1, -0.05) is 0 Å². The zero-order valence-corrected chi connectivity index (χ0v) is 13.7. The molecule has 8 nitrogen and oxygen atoms in total.